The highest BCUT2D eigenvalue weighted by molar-refractivity contribution is 6.10. The van der Waals surface area contributed by atoms with E-state index in [0.29, 0.717) is 36.8 Å². The summed E-state index contributed by atoms with van der Waals surface area (Å²) in [5.41, 5.74) is -0.871. The van der Waals surface area contributed by atoms with Gasteiger partial charge >= 0.3 is 12.1 Å². The van der Waals surface area contributed by atoms with Gasteiger partial charge in [-0.1, -0.05) is 19.9 Å². The van der Waals surface area contributed by atoms with Crippen molar-refractivity contribution in [2.45, 2.75) is 32.7 Å². The van der Waals surface area contributed by atoms with Crippen LogP contribution in [0.15, 0.2) is 18.2 Å². The molecule has 0 aromatic heterocycles. The molecule has 1 aromatic rings. The fourth-order valence-corrected chi connectivity index (χ4v) is 3.16. The monoisotopic (exact) mass is 418 g/mol. The van der Waals surface area contributed by atoms with Gasteiger partial charge in [0, 0.05) is 13.0 Å². The summed E-state index contributed by atoms with van der Waals surface area (Å²) >= 11 is 0. The molecule has 2 aliphatic heterocycles. The molecule has 10 heteroatoms. The van der Waals surface area contributed by atoms with Crippen LogP contribution in [0.4, 0.5) is 9.59 Å². The number of benzene rings is 1. The summed E-state index contributed by atoms with van der Waals surface area (Å²) < 4.78 is 11.3. The van der Waals surface area contributed by atoms with Gasteiger partial charge in [0.2, 0.25) is 5.91 Å². The highest BCUT2D eigenvalue weighted by Crippen LogP contribution is 2.36. The highest BCUT2D eigenvalue weighted by Gasteiger charge is 2.49. The van der Waals surface area contributed by atoms with Crippen molar-refractivity contribution in [2.75, 3.05) is 26.3 Å². The molecule has 2 aliphatic rings. The van der Waals surface area contributed by atoms with Crippen LogP contribution in [0.25, 0.3) is 0 Å². The third-order valence-electron chi connectivity index (χ3n) is 4.83. The number of imide groups is 2. The van der Waals surface area contributed by atoms with Gasteiger partial charge in [-0.15, -0.1) is 0 Å². The van der Waals surface area contributed by atoms with Crippen molar-refractivity contribution in [1.82, 2.24) is 20.9 Å². The van der Waals surface area contributed by atoms with E-state index < -0.39 is 36.0 Å². The lowest BCUT2D eigenvalue weighted by atomic mass is 9.91. The normalized spacial score (nSPS) is 20.6. The lowest BCUT2D eigenvalue weighted by molar-refractivity contribution is -0.134. The Morgan fingerprint density at radius 2 is 1.90 bits per heavy atom. The maximum absolute atomic E-state index is 13.0. The summed E-state index contributed by atoms with van der Waals surface area (Å²) in [6, 6.07) is 3.63. The van der Waals surface area contributed by atoms with E-state index in [1.807, 2.05) is 13.8 Å². The Kier molecular flexibility index (Phi) is 6.14. The molecule has 1 saturated heterocycles. The molecular formula is C20H26N4O6. The number of fused-ring (bicyclic) bond motifs is 1. The minimum absolute atomic E-state index is 0.216. The lowest BCUT2D eigenvalue weighted by Gasteiger charge is -2.23. The van der Waals surface area contributed by atoms with Crippen LogP contribution in [0.5, 0.6) is 11.5 Å². The van der Waals surface area contributed by atoms with Gasteiger partial charge in [0.1, 0.15) is 12.1 Å². The molecule has 10 nitrogen and oxygen atoms in total. The predicted octanol–water partition coefficient (Wildman–Crippen LogP) is 1.10. The predicted molar refractivity (Wildman–Crippen MR) is 106 cm³/mol. The molecule has 1 atom stereocenters. The molecule has 0 aliphatic carbocycles. The molecule has 1 fully saturated rings. The standard InChI is InChI=1S/C20H26N4O6/c1-12(2)10-21-18(27)22-16(25)11-24-17(26)20(3,23-19(24)28)13-5-6-14-15(9-13)30-8-4-7-29-14/h5-6,9,12H,4,7-8,10-11H2,1-3H3,(H,23,28)(H2,21,22,25,27)/t20-/m0/s1. The van der Waals surface area contributed by atoms with E-state index in [1.54, 1.807) is 25.1 Å². The molecular weight excluding hydrogens is 392 g/mol. The Balaban J connectivity index is 1.70. The summed E-state index contributed by atoms with van der Waals surface area (Å²) in [6.45, 7) is 6.22. The largest absolute Gasteiger partial charge is 0.490 e. The van der Waals surface area contributed by atoms with Crippen molar-refractivity contribution in [3.63, 3.8) is 0 Å². The maximum atomic E-state index is 13.0. The summed E-state index contributed by atoms with van der Waals surface area (Å²) in [7, 11) is 0. The van der Waals surface area contributed by atoms with Gasteiger partial charge in [-0.25, -0.2) is 9.59 Å². The van der Waals surface area contributed by atoms with Crippen LogP contribution in [-0.2, 0) is 15.1 Å². The topological polar surface area (TPSA) is 126 Å². The highest BCUT2D eigenvalue weighted by atomic mass is 16.5. The van der Waals surface area contributed by atoms with E-state index >= 15 is 0 Å². The van der Waals surface area contributed by atoms with E-state index in [0.717, 1.165) is 11.3 Å². The number of hydrogen-bond donors (Lipinski definition) is 3. The first-order chi connectivity index (χ1) is 14.2. The van der Waals surface area contributed by atoms with Gasteiger partial charge in [-0.05, 0) is 30.5 Å². The summed E-state index contributed by atoms with van der Waals surface area (Å²) in [5, 5.41) is 7.28. The van der Waals surface area contributed by atoms with Crippen LogP contribution in [-0.4, -0.2) is 55.1 Å². The Morgan fingerprint density at radius 3 is 2.60 bits per heavy atom. The minimum atomic E-state index is -1.37. The SMILES string of the molecule is CC(C)CNC(=O)NC(=O)CN1C(=O)N[C@@](C)(c2ccc3c(c2)OCCCO3)C1=O. The lowest BCUT2D eigenvalue weighted by Crippen LogP contribution is -2.47. The van der Waals surface area contributed by atoms with Crippen LogP contribution in [0.2, 0.25) is 0 Å². The Bertz CT molecular complexity index is 871. The van der Waals surface area contributed by atoms with Gasteiger partial charge in [0.05, 0.1) is 13.2 Å². The summed E-state index contributed by atoms with van der Waals surface area (Å²) in [5.74, 6) is -0.0817. The molecule has 30 heavy (non-hydrogen) atoms. The van der Waals surface area contributed by atoms with Crippen LogP contribution < -0.4 is 25.4 Å². The maximum Gasteiger partial charge on any atom is 0.325 e. The van der Waals surface area contributed by atoms with E-state index in [2.05, 4.69) is 16.0 Å². The average molecular weight is 418 g/mol. The van der Waals surface area contributed by atoms with E-state index in [9.17, 15) is 19.2 Å². The van der Waals surface area contributed by atoms with Crippen LogP contribution in [0.3, 0.4) is 0 Å². The first kappa shape index (κ1) is 21.4. The second kappa shape index (κ2) is 8.60. The van der Waals surface area contributed by atoms with Crippen molar-refractivity contribution in [3.05, 3.63) is 23.8 Å². The number of urea groups is 2. The van der Waals surface area contributed by atoms with Gasteiger partial charge in [-0.3, -0.25) is 19.8 Å². The van der Waals surface area contributed by atoms with Crippen LogP contribution >= 0.6 is 0 Å². The van der Waals surface area contributed by atoms with Crippen molar-refractivity contribution in [2.24, 2.45) is 5.92 Å². The second-order valence-electron chi connectivity index (χ2n) is 7.81. The first-order valence-corrected chi connectivity index (χ1v) is 9.82. The fourth-order valence-electron chi connectivity index (χ4n) is 3.16. The third kappa shape index (κ3) is 4.47. The Hall–Kier alpha value is -3.30. The number of amides is 6. The molecule has 0 unspecified atom stereocenters. The van der Waals surface area contributed by atoms with E-state index in [4.69, 9.17) is 9.47 Å². The minimum Gasteiger partial charge on any atom is -0.490 e. The number of carbonyl (C=O) groups is 4. The Labute approximate surface area is 174 Å². The zero-order valence-corrected chi connectivity index (χ0v) is 17.2. The van der Waals surface area contributed by atoms with Crippen LogP contribution in [0.1, 0.15) is 32.8 Å². The first-order valence-electron chi connectivity index (χ1n) is 9.82. The van der Waals surface area contributed by atoms with Crippen molar-refractivity contribution in [3.8, 4) is 11.5 Å². The summed E-state index contributed by atoms with van der Waals surface area (Å²) in [6.07, 6.45) is 0.741. The molecule has 2 heterocycles. The van der Waals surface area contributed by atoms with Gasteiger partial charge in [-0.2, -0.15) is 0 Å². The summed E-state index contributed by atoms with van der Waals surface area (Å²) in [4.78, 5) is 50.1. The molecule has 162 valence electrons. The van der Waals surface area contributed by atoms with Gasteiger partial charge < -0.3 is 20.1 Å². The fraction of sp³-hybridized carbons (Fsp3) is 0.500. The zero-order chi connectivity index (χ0) is 21.9. The number of ether oxygens (including phenoxy) is 2. The number of nitrogens with zero attached hydrogens (tertiary/aromatic N) is 1. The number of rotatable bonds is 5. The van der Waals surface area contributed by atoms with E-state index in [-0.39, 0.29) is 5.92 Å². The van der Waals surface area contributed by atoms with Crippen molar-refractivity contribution >= 4 is 23.9 Å². The third-order valence-corrected chi connectivity index (χ3v) is 4.83. The molecule has 0 bridgehead atoms. The number of hydrogen-bond acceptors (Lipinski definition) is 6. The Morgan fingerprint density at radius 1 is 1.20 bits per heavy atom. The smallest absolute Gasteiger partial charge is 0.325 e. The molecule has 0 saturated carbocycles. The van der Waals surface area contributed by atoms with Gasteiger partial charge in [0.25, 0.3) is 5.91 Å². The van der Waals surface area contributed by atoms with Crippen LogP contribution in [0, 0.1) is 5.92 Å². The zero-order valence-electron chi connectivity index (χ0n) is 17.2. The molecule has 1 aromatic carbocycles. The molecule has 3 N–H and O–H groups in total. The molecule has 0 spiro atoms. The van der Waals surface area contributed by atoms with Crippen molar-refractivity contribution in [1.29, 1.82) is 0 Å². The quantitative estimate of drug-likeness (QED) is 0.615. The number of carbonyl (C=O) groups excluding carboxylic acids is 4. The average Bonchev–Trinajstić information content (AvgIpc) is 2.85. The second-order valence-corrected chi connectivity index (χ2v) is 7.81. The van der Waals surface area contributed by atoms with E-state index in [1.165, 1.54) is 0 Å². The number of nitrogens with one attached hydrogen (secondary N) is 3. The molecule has 0 radical (unpaired) electrons. The molecule has 6 amide bonds. The molecule has 3 rings (SSSR count). The van der Waals surface area contributed by atoms with Crippen molar-refractivity contribution < 1.29 is 28.7 Å². The van der Waals surface area contributed by atoms with Gasteiger partial charge in [0.15, 0.2) is 11.5 Å².